The van der Waals surface area contributed by atoms with E-state index in [0.29, 0.717) is 6.10 Å². The molecule has 2 unspecified atom stereocenters. The fourth-order valence-electron chi connectivity index (χ4n) is 1.59. The van der Waals surface area contributed by atoms with Crippen LogP contribution in [0, 0.1) is 11.3 Å². The fraction of sp³-hybridized carbons (Fsp3) is 0.909. The number of hydrogen-bond donors (Lipinski definition) is 1. The van der Waals surface area contributed by atoms with E-state index in [2.05, 4.69) is 6.07 Å². The second kappa shape index (κ2) is 6.37. The molecule has 3 nitrogen and oxygen atoms in total. The zero-order valence-corrected chi connectivity index (χ0v) is 10.2. The molecule has 1 aliphatic rings. The highest BCUT2D eigenvalue weighted by Gasteiger charge is 2.17. The summed E-state index contributed by atoms with van der Waals surface area (Å²) in [7, 11) is 0. The lowest BCUT2D eigenvalue weighted by atomic mass is 10.0. The van der Waals surface area contributed by atoms with Crippen LogP contribution < -0.4 is 5.73 Å². The number of nitrogens with zero attached hydrogens (tertiary/aromatic N) is 1. The van der Waals surface area contributed by atoms with E-state index in [4.69, 9.17) is 15.7 Å². The monoisotopic (exact) mass is 228 g/mol. The van der Waals surface area contributed by atoms with Crippen LogP contribution >= 0.6 is 11.8 Å². The van der Waals surface area contributed by atoms with Crippen LogP contribution in [0.1, 0.15) is 32.6 Å². The summed E-state index contributed by atoms with van der Waals surface area (Å²) in [6.07, 6.45) is 4.68. The number of nitriles is 1. The Morgan fingerprint density at radius 2 is 2.47 bits per heavy atom. The number of rotatable bonds is 6. The van der Waals surface area contributed by atoms with E-state index in [0.717, 1.165) is 31.0 Å². The van der Waals surface area contributed by atoms with Gasteiger partial charge in [0, 0.05) is 12.4 Å². The molecule has 1 heterocycles. The van der Waals surface area contributed by atoms with Gasteiger partial charge in [0.2, 0.25) is 0 Å². The Morgan fingerprint density at radius 3 is 3.07 bits per heavy atom. The summed E-state index contributed by atoms with van der Waals surface area (Å²) in [5, 5.41) is 8.72. The average molecular weight is 228 g/mol. The Labute approximate surface area is 96.4 Å². The van der Waals surface area contributed by atoms with Crippen LogP contribution in [0.5, 0.6) is 0 Å². The second-order valence-electron chi connectivity index (χ2n) is 4.34. The van der Waals surface area contributed by atoms with Crippen LogP contribution in [0.25, 0.3) is 0 Å². The van der Waals surface area contributed by atoms with Gasteiger partial charge < -0.3 is 10.5 Å². The topological polar surface area (TPSA) is 59.0 Å². The molecule has 0 saturated carbocycles. The highest BCUT2D eigenvalue weighted by molar-refractivity contribution is 7.99. The largest absolute Gasteiger partial charge is 0.377 e. The Hall–Kier alpha value is -0.240. The van der Waals surface area contributed by atoms with Gasteiger partial charge in [-0.05, 0) is 38.4 Å². The summed E-state index contributed by atoms with van der Waals surface area (Å²) in [6, 6.07) is 2.12. The van der Waals surface area contributed by atoms with E-state index >= 15 is 0 Å². The molecule has 0 aromatic heterocycles. The van der Waals surface area contributed by atoms with Crippen molar-refractivity contribution in [2.24, 2.45) is 5.73 Å². The molecule has 1 fully saturated rings. The lowest BCUT2D eigenvalue weighted by Gasteiger charge is -2.14. The predicted molar refractivity (Wildman–Crippen MR) is 63.7 cm³/mol. The zero-order valence-electron chi connectivity index (χ0n) is 9.37. The molecule has 0 spiro atoms. The van der Waals surface area contributed by atoms with Crippen LogP contribution in [-0.2, 0) is 4.74 Å². The first kappa shape index (κ1) is 12.8. The molecule has 0 radical (unpaired) electrons. The maximum atomic E-state index is 8.72. The highest BCUT2D eigenvalue weighted by Crippen LogP contribution is 2.18. The van der Waals surface area contributed by atoms with Gasteiger partial charge in [-0.2, -0.15) is 17.0 Å². The number of thioether (sulfide) groups is 1. The van der Waals surface area contributed by atoms with Gasteiger partial charge in [-0.3, -0.25) is 0 Å². The van der Waals surface area contributed by atoms with E-state index in [9.17, 15) is 0 Å². The molecule has 86 valence electrons. The first-order chi connectivity index (χ1) is 7.14. The van der Waals surface area contributed by atoms with Crippen LogP contribution in [0.15, 0.2) is 0 Å². The summed E-state index contributed by atoms with van der Waals surface area (Å²) in [5.74, 6) is 2.17. The SMILES string of the molecule is CC(N)(C#N)CCCSCC1CCCO1. The average Bonchev–Trinajstić information content (AvgIpc) is 2.70. The molecule has 1 saturated heterocycles. The van der Waals surface area contributed by atoms with Gasteiger partial charge in [0.05, 0.1) is 12.2 Å². The Balaban J connectivity index is 1.95. The molecule has 0 aromatic rings. The summed E-state index contributed by atoms with van der Waals surface area (Å²) in [5.41, 5.74) is 5.08. The van der Waals surface area contributed by atoms with Crippen molar-refractivity contribution in [3.8, 4) is 6.07 Å². The molecule has 0 aromatic carbocycles. The van der Waals surface area contributed by atoms with Crippen molar-refractivity contribution in [2.45, 2.75) is 44.2 Å². The number of ether oxygens (including phenoxy) is 1. The molecular formula is C11H20N2OS. The fourth-order valence-corrected chi connectivity index (χ4v) is 2.63. The van der Waals surface area contributed by atoms with Crippen LogP contribution in [-0.4, -0.2) is 29.8 Å². The third kappa shape index (κ3) is 5.41. The van der Waals surface area contributed by atoms with Gasteiger partial charge in [0.15, 0.2) is 0 Å². The van der Waals surface area contributed by atoms with Gasteiger partial charge in [-0.25, -0.2) is 0 Å². The van der Waals surface area contributed by atoms with E-state index in [1.807, 2.05) is 11.8 Å². The molecule has 0 amide bonds. The molecule has 0 bridgehead atoms. The number of nitrogens with two attached hydrogens (primary N) is 1. The maximum Gasteiger partial charge on any atom is 0.101 e. The molecule has 1 aliphatic heterocycles. The van der Waals surface area contributed by atoms with Crippen LogP contribution in [0.2, 0.25) is 0 Å². The summed E-state index contributed by atoms with van der Waals surface area (Å²) < 4.78 is 5.52. The number of hydrogen-bond acceptors (Lipinski definition) is 4. The Bertz CT molecular complexity index is 219. The first-order valence-electron chi connectivity index (χ1n) is 5.53. The highest BCUT2D eigenvalue weighted by atomic mass is 32.2. The second-order valence-corrected chi connectivity index (χ2v) is 5.49. The lowest BCUT2D eigenvalue weighted by molar-refractivity contribution is 0.129. The Morgan fingerprint density at radius 1 is 1.67 bits per heavy atom. The van der Waals surface area contributed by atoms with Gasteiger partial charge in [-0.15, -0.1) is 0 Å². The third-order valence-electron chi connectivity index (χ3n) is 2.57. The van der Waals surface area contributed by atoms with Crippen molar-refractivity contribution in [1.82, 2.24) is 0 Å². The van der Waals surface area contributed by atoms with Crippen molar-refractivity contribution >= 4 is 11.8 Å². The predicted octanol–water partition coefficient (Wildman–Crippen LogP) is 1.92. The quantitative estimate of drug-likeness (QED) is 0.706. The molecular weight excluding hydrogens is 208 g/mol. The molecule has 4 heteroatoms. The smallest absolute Gasteiger partial charge is 0.101 e. The van der Waals surface area contributed by atoms with E-state index < -0.39 is 5.54 Å². The molecule has 2 atom stereocenters. The van der Waals surface area contributed by atoms with Gasteiger partial charge in [-0.1, -0.05) is 0 Å². The van der Waals surface area contributed by atoms with Gasteiger partial charge in [0.1, 0.15) is 5.54 Å². The first-order valence-corrected chi connectivity index (χ1v) is 6.69. The maximum absolute atomic E-state index is 8.72. The van der Waals surface area contributed by atoms with Crippen molar-refractivity contribution in [3.63, 3.8) is 0 Å². The van der Waals surface area contributed by atoms with Crippen molar-refractivity contribution in [1.29, 1.82) is 5.26 Å². The zero-order chi connectivity index (χ0) is 11.1. The van der Waals surface area contributed by atoms with Gasteiger partial charge in [0.25, 0.3) is 0 Å². The normalized spacial score (nSPS) is 24.7. The molecule has 2 N–H and O–H groups in total. The summed E-state index contributed by atoms with van der Waals surface area (Å²) in [4.78, 5) is 0. The minimum atomic E-state index is -0.648. The molecule has 1 rings (SSSR count). The van der Waals surface area contributed by atoms with Gasteiger partial charge >= 0.3 is 0 Å². The van der Waals surface area contributed by atoms with E-state index in [1.54, 1.807) is 6.92 Å². The van der Waals surface area contributed by atoms with E-state index in [1.165, 1.54) is 12.8 Å². The lowest BCUT2D eigenvalue weighted by Crippen LogP contribution is -2.33. The molecule has 0 aliphatic carbocycles. The van der Waals surface area contributed by atoms with Crippen molar-refractivity contribution in [2.75, 3.05) is 18.1 Å². The minimum absolute atomic E-state index is 0.468. The standard InChI is InChI=1S/C11H20N2OS/c1-11(13,9-12)5-3-7-15-8-10-4-2-6-14-10/h10H,2-8,13H2,1H3. The van der Waals surface area contributed by atoms with Crippen molar-refractivity contribution < 1.29 is 4.74 Å². The Kier molecular flexibility index (Phi) is 5.44. The summed E-state index contributed by atoms with van der Waals surface area (Å²) >= 11 is 1.91. The van der Waals surface area contributed by atoms with Crippen LogP contribution in [0.3, 0.4) is 0 Å². The minimum Gasteiger partial charge on any atom is -0.377 e. The third-order valence-corrected chi connectivity index (χ3v) is 3.75. The summed E-state index contributed by atoms with van der Waals surface area (Å²) in [6.45, 7) is 2.72. The van der Waals surface area contributed by atoms with Crippen LogP contribution in [0.4, 0.5) is 0 Å². The van der Waals surface area contributed by atoms with Crippen molar-refractivity contribution in [3.05, 3.63) is 0 Å². The van der Waals surface area contributed by atoms with E-state index in [-0.39, 0.29) is 0 Å². The molecule has 15 heavy (non-hydrogen) atoms.